The van der Waals surface area contributed by atoms with Crippen molar-refractivity contribution in [2.45, 2.75) is 46.0 Å². The van der Waals surface area contributed by atoms with Crippen LogP contribution in [-0.2, 0) is 0 Å². The minimum atomic E-state index is 0. The van der Waals surface area contributed by atoms with Crippen LogP contribution >= 0.6 is 24.0 Å². The van der Waals surface area contributed by atoms with Gasteiger partial charge in [-0.1, -0.05) is 6.42 Å². The Labute approximate surface area is 129 Å². The molecule has 2 aliphatic rings. The Morgan fingerprint density at radius 1 is 1.11 bits per heavy atom. The van der Waals surface area contributed by atoms with E-state index in [4.69, 9.17) is 0 Å². The normalized spacial score (nSPS) is 28.7. The smallest absolute Gasteiger partial charge is 0.191 e. The monoisotopic (exact) mass is 365 g/mol. The Kier molecular flexibility index (Phi) is 7.34. The first-order valence-electron chi connectivity index (χ1n) is 7.35. The van der Waals surface area contributed by atoms with E-state index < -0.39 is 0 Å². The van der Waals surface area contributed by atoms with Gasteiger partial charge in [-0.25, -0.2) is 0 Å². The molecule has 2 fully saturated rings. The molecule has 0 aromatic rings. The second kappa shape index (κ2) is 8.23. The second-order valence-electron chi connectivity index (χ2n) is 5.51. The van der Waals surface area contributed by atoms with E-state index >= 15 is 0 Å². The zero-order valence-corrected chi connectivity index (χ0v) is 14.1. The number of fused-ring (bicyclic) bond motifs is 2. The first-order valence-corrected chi connectivity index (χ1v) is 7.35. The highest BCUT2D eigenvalue weighted by molar-refractivity contribution is 14.0. The summed E-state index contributed by atoms with van der Waals surface area (Å²) in [6, 6.07) is 0. The molecule has 0 spiro atoms. The van der Waals surface area contributed by atoms with E-state index in [2.05, 4.69) is 29.5 Å². The molecule has 0 aliphatic heterocycles. The van der Waals surface area contributed by atoms with Crippen molar-refractivity contribution < 1.29 is 0 Å². The molecule has 2 rings (SSSR count). The molecule has 18 heavy (non-hydrogen) atoms. The van der Waals surface area contributed by atoms with Crippen molar-refractivity contribution in [2.24, 2.45) is 22.7 Å². The van der Waals surface area contributed by atoms with Crippen LogP contribution in [-0.4, -0.2) is 25.6 Å². The predicted octanol–water partition coefficient (Wildman–Crippen LogP) is 3.01. The molecule has 0 radical (unpaired) electrons. The number of hydrogen-bond acceptors (Lipinski definition) is 1. The van der Waals surface area contributed by atoms with Crippen LogP contribution in [0.4, 0.5) is 0 Å². The number of aliphatic imine (C=N–C) groups is 1. The highest BCUT2D eigenvalue weighted by atomic mass is 127. The van der Waals surface area contributed by atoms with Gasteiger partial charge in [0.1, 0.15) is 0 Å². The SMILES string of the molecule is CCNC(=NCCC1CC2CCC1C2)NCC.I. The Bertz CT molecular complexity index is 260. The molecule has 2 bridgehead atoms. The van der Waals surface area contributed by atoms with Crippen LogP contribution < -0.4 is 10.6 Å². The summed E-state index contributed by atoms with van der Waals surface area (Å²) in [5.74, 6) is 4.06. The fraction of sp³-hybridized carbons (Fsp3) is 0.929. The van der Waals surface area contributed by atoms with Gasteiger partial charge >= 0.3 is 0 Å². The van der Waals surface area contributed by atoms with Crippen LogP contribution in [0.3, 0.4) is 0 Å². The van der Waals surface area contributed by atoms with Gasteiger partial charge in [-0.05, 0) is 57.3 Å². The number of hydrogen-bond donors (Lipinski definition) is 2. The summed E-state index contributed by atoms with van der Waals surface area (Å²) in [7, 11) is 0. The molecule has 0 heterocycles. The lowest BCUT2D eigenvalue weighted by Crippen LogP contribution is -2.37. The first kappa shape index (κ1) is 16.1. The molecule has 2 saturated carbocycles. The van der Waals surface area contributed by atoms with Gasteiger partial charge in [0.2, 0.25) is 0 Å². The predicted molar refractivity (Wildman–Crippen MR) is 88.6 cm³/mol. The van der Waals surface area contributed by atoms with Crippen molar-refractivity contribution in [3.63, 3.8) is 0 Å². The van der Waals surface area contributed by atoms with Gasteiger partial charge in [0, 0.05) is 19.6 Å². The van der Waals surface area contributed by atoms with Crippen molar-refractivity contribution in [2.75, 3.05) is 19.6 Å². The lowest BCUT2D eigenvalue weighted by atomic mass is 9.86. The average molecular weight is 365 g/mol. The highest BCUT2D eigenvalue weighted by Crippen LogP contribution is 2.49. The Balaban J connectivity index is 0.00000162. The molecule has 0 aromatic heterocycles. The van der Waals surface area contributed by atoms with E-state index in [0.717, 1.165) is 43.3 Å². The molecule has 3 unspecified atom stereocenters. The summed E-state index contributed by atoms with van der Waals surface area (Å²) in [5, 5.41) is 6.56. The Morgan fingerprint density at radius 3 is 2.33 bits per heavy atom. The summed E-state index contributed by atoms with van der Waals surface area (Å²) in [5.41, 5.74) is 0. The third kappa shape index (κ3) is 4.28. The Morgan fingerprint density at radius 2 is 1.83 bits per heavy atom. The maximum atomic E-state index is 4.64. The largest absolute Gasteiger partial charge is 0.357 e. The zero-order chi connectivity index (χ0) is 12.1. The number of nitrogens with one attached hydrogen (secondary N) is 2. The zero-order valence-electron chi connectivity index (χ0n) is 11.7. The van der Waals surface area contributed by atoms with Crippen LogP contribution in [0, 0.1) is 17.8 Å². The quantitative estimate of drug-likeness (QED) is 0.447. The van der Waals surface area contributed by atoms with E-state index in [1.165, 1.54) is 32.1 Å². The molecular weight excluding hydrogens is 337 g/mol. The van der Waals surface area contributed by atoms with Crippen molar-refractivity contribution >= 4 is 29.9 Å². The van der Waals surface area contributed by atoms with Gasteiger partial charge in [-0.15, -0.1) is 24.0 Å². The molecule has 2 N–H and O–H groups in total. The number of rotatable bonds is 5. The molecular formula is C14H28IN3. The van der Waals surface area contributed by atoms with E-state index in [1.54, 1.807) is 0 Å². The lowest BCUT2D eigenvalue weighted by molar-refractivity contribution is 0.318. The summed E-state index contributed by atoms with van der Waals surface area (Å²) in [6.07, 6.45) is 7.29. The van der Waals surface area contributed by atoms with Crippen LogP contribution in [0.1, 0.15) is 46.0 Å². The van der Waals surface area contributed by atoms with E-state index in [-0.39, 0.29) is 24.0 Å². The minimum Gasteiger partial charge on any atom is -0.357 e. The molecule has 0 amide bonds. The number of nitrogens with zero attached hydrogens (tertiary/aromatic N) is 1. The average Bonchev–Trinajstić information content (AvgIpc) is 2.91. The summed E-state index contributed by atoms with van der Waals surface area (Å²) in [4.78, 5) is 4.64. The third-order valence-electron chi connectivity index (χ3n) is 4.34. The molecule has 3 atom stereocenters. The minimum absolute atomic E-state index is 0. The summed E-state index contributed by atoms with van der Waals surface area (Å²) in [6.45, 7) is 7.11. The maximum Gasteiger partial charge on any atom is 0.191 e. The van der Waals surface area contributed by atoms with Crippen molar-refractivity contribution in [3.05, 3.63) is 0 Å². The van der Waals surface area contributed by atoms with Crippen LogP contribution in [0.5, 0.6) is 0 Å². The van der Waals surface area contributed by atoms with Gasteiger partial charge in [0.05, 0.1) is 0 Å². The highest BCUT2D eigenvalue weighted by Gasteiger charge is 2.38. The fourth-order valence-electron chi connectivity index (χ4n) is 3.58. The lowest BCUT2D eigenvalue weighted by Gasteiger charge is -2.20. The molecule has 4 heteroatoms. The van der Waals surface area contributed by atoms with E-state index in [1.807, 2.05) is 0 Å². The van der Waals surface area contributed by atoms with Gasteiger partial charge in [0.15, 0.2) is 5.96 Å². The molecule has 106 valence electrons. The topological polar surface area (TPSA) is 36.4 Å². The van der Waals surface area contributed by atoms with Gasteiger partial charge in [-0.3, -0.25) is 4.99 Å². The second-order valence-corrected chi connectivity index (χ2v) is 5.51. The fourth-order valence-corrected chi connectivity index (χ4v) is 3.58. The molecule has 0 aromatic carbocycles. The maximum absolute atomic E-state index is 4.64. The van der Waals surface area contributed by atoms with E-state index in [9.17, 15) is 0 Å². The van der Waals surface area contributed by atoms with Crippen molar-refractivity contribution in [1.29, 1.82) is 0 Å². The van der Waals surface area contributed by atoms with Crippen LogP contribution in [0.25, 0.3) is 0 Å². The van der Waals surface area contributed by atoms with Gasteiger partial charge in [-0.2, -0.15) is 0 Å². The number of halogens is 1. The molecule has 2 aliphatic carbocycles. The summed E-state index contributed by atoms with van der Waals surface area (Å²) >= 11 is 0. The van der Waals surface area contributed by atoms with Crippen molar-refractivity contribution in [1.82, 2.24) is 10.6 Å². The van der Waals surface area contributed by atoms with Gasteiger partial charge < -0.3 is 10.6 Å². The first-order chi connectivity index (χ1) is 8.33. The van der Waals surface area contributed by atoms with Crippen molar-refractivity contribution in [3.8, 4) is 0 Å². The molecule has 3 nitrogen and oxygen atoms in total. The standard InChI is InChI=1S/C14H27N3.HI/c1-3-15-14(16-4-2)17-8-7-13-10-11-5-6-12(13)9-11;/h11-13H,3-10H2,1-2H3,(H2,15,16,17);1H. The number of guanidine groups is 1. The third-order valence-corrected chi connectivity index (χ3v) is 4.34. The van der Waals surface area contributed by atoms with Gasteiger partial charge in [0.25, 0.3) is 0 Å². The molecule has 0 saturated heterocycles. The Hall–Kier alpha value is 0. The van der Waals surface area contributed by atoms with Crippen LogP contribution in [0.2, 0.25) is 0 Å². The summed E-state index contributed by atoms with van der Waals surface area (Å²) < 4.78 is 0. The van der Waals surface area contributed by atoms with Crippen LogP contribution in [0.15, 0.2) is 4.99 Å². The van der Waals surface area contributed by atoms with E-state index in [0.29, 0.717) is 0 Å².